The first kappa shape index (κ1) is 63.9. The minimum Gasteiger partial charge on any atom is -0.256 e. The summed E-state index contributed by atoms with van der Waals surface area (Å²) < 4.78 is 0. The summed E-state index contributed by atoms with van der Waals surface area (Å²) in [5.74, 6) is 2.33. The molecular formula is C93H67N7. The van der Waals surface area contributed by atoms with Gasteiger partial charge in [-0.1, -0.05) is 306 Å². The normalized spacial score (nSPS) is 11.5. The summed E-state index contributed by atoms with van der Waals surface area (Å²) in [6, 6.07) is 87.9. The Morgan fingerprint density at radius 1 is 0.320 bits per heavy atom. The average molecular weight is 1280 g/mol. The molecule has 0 saturated heterocycles. The zero-order valence-corrected chi connectivity index (χ0v) is 55.1. The molecule has 0 aliphatic heterocycles. The largest absolute Gasteiger partial charge is 0.256 e. The minimum atomic E-state index is 0.556. The van der Waals surface area contributed by atoms with Crippen LogP contribution in [0.4, 0.5) is 0 Å². The Kier molecular flexibility index (Phi) is 18.9. The molecule has 0 unspecified atom stereocenters. The molecule has 0 saturated carbocycles. The maximum absolute atomic E-state index is 5.19. The topological polar surface area (TPSA) is 90.2 Å². The van der Waals surface area contributed by atoms with Crippen molar-refractivity contribution in [2.45, 2.75) is 0 Å². The fourth-order valence-electron chi connectivity index (χ4n) is 12.7. The van der Waals surface area contributed by atoms with Crippen molar-refractivity contribution in [2.24, 2.45) is 0 Å². The van der Waals surface area contributed by atoms with Gasteiger partial charge in [0, 0.05) is 62.8 Å². The standard InChI is InChI=1S/C46H32N4.C33H23N3.C14H12/c1-4-7-14-35-25-32-15-8-9-16-33(32)26-41(35)45-48-44(31-23-21-30(22-24-31)43-28-34-17-10-11-19-37(34)29-47-43)49-46(50-45)42-27-36-18-12-13-20-40(36)38(5-2)39(42)6-3;1-2-23(12-9-17-31-27-14-6-3-10-24(27)18-20-34-31)33-35-21-19-32(36-33)30-22-25-11-4-5-13-26(25)28-15-7-8-16-29(28)30;1-2-3-6-12-9-10-13-7-4-5-8-14(13)11-12/h4-29H,1-3H2;2-22H,1H2;2-11H,1H2/b14-7-;17-9+,23-12+;6-3-. The molecule has 0 fully saturated rings. The third-order valence-corrected chi connectivity index (χ3v) is 17.7. The lowest BCUT2D eigenvalue weighted by Gasteiger charge is -2.15. The van der Waals surface area contributed by atoms with Crippen molar-refractivity contribution < 1.29 is 0 Å². The van der Waals surface area contributed by atoms with E-state index in [2.05, 4.69) is 243 Å². The summed E-state index contributed by atoms with van der Waals surface area (Å²) >= 11 is 0. The van der Waals surface area contributed by atoms with Crippen LogP contribution in [-0.2, 0) is 0 Å². The van der Waals surface area contributed by atoms with Gasteiger partial charge in [0.1, 0.15) is 0 Å². The quantitative estimate of drug-likeness (QED) is 0.0746. The number of hydrogen-bond donors (Lipinski definition) is 0. The van der Waals surface area contributed by atoms with Crippen LogP contribution in [0.1, 0.15) is 33.8 Å². The number of hydrogen-bond acceptors (Lipinski definition) is 7. The van der Waals surface area contributed by atoms with Gasteiger partial charge < -0.3 is 0 Å². The van der Waals surface area contributed by atoms with Crippen LogP contribution in [0.3, 0.4) is 0 Å². The van der Waals surface area contributed by atoms with Gasteiger partial charge in [-0.3, -0.25) is 9.97 Å². The monoisotopic (exact) mass is 1280 g/mol. The Balaban J connectivity index is 0.000000147. The second kappa shape index (κ2) is 29.7. The van der Waals surface area contributed by atoms with Crippen LogP contribution in [0, 0.1) is 0 Å². The molecule has 7 heteroatoms. The third-order valence-electron chi connectivity index (χ3n) is 17.7. The van der Waals surface area contributed by atoms with Gasteiger partial charge in [-0.05, 0) is 141 Å². The summed E-state index contributed by atoms with van der Waals surface area (Å²) in [6.07, 6.45) is 28.6. The number of nitrogens with zero attached hydrogens (tertiary/aromatic N) is 7. The molecular weight excluding hydrogens is 1220 g/mol. The molecule has 100 heavy (non-hydrogen) atoms. The van der Waals surface area contributed by atoms with Crippen LogP contribution < -0.4 is 0 Å². The Morgan fingerprint density at radius 3 is 1.57 bits per heavy atom. The molecule has 4 aromatic heterocycles. The molecule has 7 nitrogen and oxygen atoms in total. The van der Waals surface area contributed by atoms with E-state index in [1.54, 1.807) is 18.2 Å². The van der Waals surface area contributed by atoms with Crippen LogP contribution in [-0.4, -0.2) is 34.9 Å². The summed E-state index contributed by atoms with van der Waals surface area (Å²) in [5.41, 5.74) is 12.4. The van der Waals surface area contributed by atoms with Gasteiger partial charge >= 0.3 is 0 Å². The molecule has 0 atom stereocenters. The van der Waals surface area contributed by atoms with Crippen molar-refractivity contribution in [1.82, 2.24) is 34.9 Å². The fourth-order valence-corrected chi connectivity index (χ4v) is 12.7. The average Bonchev–Trinajstić information content (AvgIpc) is 0.759. The minimum absolute atomic E-state index is 0.556. The van der Waals surface area contributed by atoms with Crippen molar-refractivity contribution >= 4 is 111 Å². The Hall–Kier alpha value is -13.5. The van der Waals surface area contributed by atoms with E-state index in [0.29, 0.717) is 23.3 Å². The smallest absolute Gasteiger partial charge is 0.164 e. The van der Waals surface area contributed by atoms with Crippen LogP contribution >= 0.6 is 0 Å². The van der Waals surface area contributed by atoms with E-state index < -0.39 is 0 Å². The zero-order valence-electron chi connectivity index (χ0n) is 55.1. The second-order valence-corrected chi connectivity index (χ2v) is 23.8. The van der Waals surface area contributed by atoms with E-state index in [0.717, 1.165) is 105 Å². The Bertz CT molecular complexity index is 5970. The van der Waals surface area contributed by atoms with Crippen LogP contribution in [0.25, 0.3) is 168 Å². The van der Waals surface area contributed by atoms with Crippen LogP contribution in [0.15, 0.2) is 349 Å². The lowest BCUT2D eigenvalue weighted by Crippen LogP contribution is -2.03. The molecule has 16 aromatic rings. The number of allylic oxidation sites excluding steroid dienone is 8. The van der Waals surface area contributed by atoms with Gasteiger partial charge in [0.2, 0.25) is 0 Å². The van der Waals surface area contributed by atoms with Gasteiger partial charge in [0.15, 0.2) is 23.3 Å². The van der Waals surface area contributed by atoms with E-state index in [-0.39, 0.29) is 0 Å². The Labute approximate surface area is 582 Å². The van der Waals surface area contributed by atoms with Gasteiger partial charge in [0.25, 0.3) is 0 Å². The van der Waals surface area contributed by atoms with Gasteiger partial charge in [0.05, 0.1) is 17.1 Å². The highest BCUT2D eigenvalue weighted by Gasteiger charge is 2.20. The summed E-state index contributed by atoms with van der Waals surface area (Å²) in [5, 5.41) is 16.3. The fraction of sp³-hybridized carbons (Fsp3) is 0. The lowest BCUT2D eigenvalue weighted by atomic mass is 9.93. The van der Waals surface area contributed by atoms with Gasteiger partial charge in [-0.2, -0.15) is 0 Å². The van der Waals surface area contributed by atoms with E-state index in [1.165, 1.54) is 43.3 Å². The van der Waals surface area contributed by atoms with E-state index in [4.69, 9.17) is 24.9 Å². The van der Waals surface area contributed by atoms with Crippen molar-refractivity contribution in [3.63, 3.8) is 0 Å². The Morgan fingerprint density at radius 2 is 0.860 bits per heavy atom. The van der Waals surface area contributed by atoms with Crippen LogP contribution in [0.5, 0.6) is 0 Å². The number of aromatic nitrogens is 7. The molecule has 0 aliphatic rings. The maximum atomic E-state index is 5.19. The highest BCUT2D eigenvalue weighted by atomic mass is 15.0. The summed E-state index contributed by atoms with van der Waals surface area (Å²) in [7, 11) is 0. The van der Waals surface area contributed by atoms with E-state index in [9.17, 15) is 0 Å². The number of rotatable bonds is 15. The van der Waals surface area contributed by atoms with E-state index in [1.807, 2.05) is 128 Å². The predicted molar refractivity (Wildman–Crippen MR) is 426 cm³/mol. The molecule has 0 spiro atoms. The molecule has 474 valence electrons. The van der Waals surface area contributed by atoms with E-state index >= 15 is 0 Å². The SMILES string of the molecule is C=C/C(=C\C=C\c1nccc2ccccc12)c1nccc(-c2cc3ccccc3c3ccccc23)n1.C=C/C=C\c1cc2ccccc2cc1-c1nc(-c2ccc(-c3cc4ccccc4cn3)cc2)nc(-c2cc3ccccc3c(C=C)c2C=C)n1.C=C/C=C\c1ccc2ccccc2c1. The molecule has 0 radical (unpaired) electrons. The molecule has 12 aromatic carbocycles. The van der Waals surface area contributed by atoms with Crippen molar-refractivity contribution in [1.29, 1.82) is 0 Å². The molecule has 0 amide bonds. The molecule has 0 aliphatic carbocycles. The van der Waals surface area contributed by atoms with Crippen LogP contribution in [0.2, 0.25) is 0 Å². The van der Waals surface area contributed by atoms with Crippen molar-refractivity contribution in [3.05, 3.63) is 383 Å². The lowest BCUT2D eigenvalue weighted by molar-refractivity contribution is 1.07. The van der Waals surface area contributed by atoms with Crippen molar-refractivity contribution in [2.75, 3.05) is 0 Å². The molecule has 16 rings (SSSR count). The summed E-state index contributed by atoms with van der Waals surface area (Å²) in [6.45, 7) is 19.9. The molecule has 4 heterocycles. The first-order valence-corrected chi connectivity index (χ1v) is 33.1. The zero-order chi connectivity index (χ0) is 68.2. The summed E-state index contributed by atoms with van der Waals surface area (Å²) in [4.78, 5) is 34.2. The third kappa shape index (κ3) is 13.7. The first-order chi connectivity index (χ1) is 49.3. The highest BCUT2D eigenvalue weighted by Crippen LogP contribution is 2.38. The first-order valence-electron chi connectivity index (χ1n) is 33.1. The van der Waals surface area contributed by atoms with Gasteiger partial charge in [-0.25, -0.2) is 24.9 Å². The maximum Gasteiger partial charge on any atom is 0.164 e. The number of pyridine rings is 2. The van der Waals surface area contributed by atoms with Crippen molar-refractivity contribution in [3.8, 4) is 56.7 Å². The number of benzene rings is 12. The van der Waals surface area contributed by atoms with Gasteiger partial charge in [-0.15, -0.1) is 0 Å². The number of fused-ring (bicyclic) bond motifs is 8. The predicted octanol–water partition coefficient (Wildman–Crippen LogP) is 24.2. The second-order valence-electron chi connectivity index (χ2n) is 23.8. The highest BCUT2D eigenvalue weighted by molar-refractivity contribution is 6.13. The molecule has 0 bridgehead atoms. The molecule has 0 N–H and O–H groups in total.